The number of aromatic nitrogens is 4. The number of nitrogens with two attached hydrogens (primary N) is 1. The molecule has 3 aromatic heterocycles. The van der Waals surface area contributed by atoms with Crippen LogP contribution in [0.4, 0.5) is 10.6 Å². The third-order valence-electron chi connectivity index (χ3n) is 5.23. The van der Waals surface area contributed by atoms with Crippen molar-refractivity contribution in [1.82, 2.24) is 24.5 Å². The number of carbonyl (C=O) groups is 1. The molecule has 1 fully saturated rings. The second-order valence-corrected chi connectivity index (χ2v) is 8.85. The van der Waals surface area contributed by atoms with Crippen LogP contribution in [0.3, 0.4) is 0 Å². The number of hydrogen-bond acceptors (Lipinski definition) is 6. The Morgan fingerprint density at radius 2 is 2.07 bits per heavy atom. The number of carbonyl (C=O) groups excluding carboxylic acids is 1. The number of fused-ring (bicyclic) bond motifs is 1. The van der Waals surface area contributed by atoms with Crippen LogP contribution < -0.4 is 5.73 Å². The van der Waals surface area contributed by atoms with Gasteiger partial charge in [-0.1, -0.05) is 6.07 Å². The van der Waals surface area contributed by atoms with Crippen molar-refractivity contribution in [2.75, 3.05) is 18.8 Å². The molecule has 158 valence electrons. The maximum atomic E-state index is 12.5. The highest BCUT2D eigenvalue weighted by molar-refractivity contribution is 5.77. The monoisotopic (exact) mass is 408 g/mol. The molecule has 1 amide bonds. The summed E-state index contributed by atoms with van der Waals surface area (Å²) >= 11 is 0. The first-order chi connectivity index (χ1) is 14.2. The number of hydrogen-bond donors (Lipinski definition) is 1. The maximum absolute atomic E-state index is 12.5. The van der Waals surface area contributed by atoms with Crippen LogP contribution in [-0.4, -0.2) is 49.3 Å². The summed E-state index contributed by atoms with van der Waals surface area (Å²) in [6, 6.07) is 5.83. The van der Waals surface area contributed by atoms with Gasteiger partial charge < -0.3 is 15.4 Å². The van der Waals surface area contributed by atoms with Gasteiger partial charge in [-0.2, -0.15) is 9.61 Å². The van der Waals surface area contributed by atoms with E-state index in [1.54, 1.807) is 15.6 Å². The highest BCUT2D eigenvalue weighted by atomic mass is 16.6. The quantitative estimate of drug-likeness (QED) is 0.692. The Balaban J connectivity index is 1.65. The number of aryl methyl sites for hydroxylation is 1. The summed E-state index contributed by atoms with van der Waals surface area (Å²) < 4.78 is 7.20. The topological polar surface area (TPSA) is 98.6 Å². The van der Waals surface area contributed by atoms with Crippen molar-refractivity contribution >= 4 is 17.6 Å². The van der Waals surface area contributed by atoms with Crippen LogP contribution in [-0.2, 0) is 4.74 Å². The molecule has 0 aromatic carbocycles. The van der Waals surface area contributed by atoms with E-state index in [1.807, 2.05) is 52.1 Å². The van der Waals surface area contributed by atoms with E-state index in [0.29, 0.717) is 24.6 Å². The molecule has 3 aromatic rings. The number of amides is 1. The molecule has 0 saturated carbocycles. The highest BCUT2D eigenvalue weighted by Gasteiger charge is 2.29. The van der Waals surface area contributed by atoms with Gasteiger partial charge in [0.25, 0.3) is 0 Å². The largest absolute Gasteiger partial charge is 0.444 e. The number of piperidine rings is 1. The number of nitrogens with zero attached hydrogens (tertiary/aromatic N) is 5. The standard InChI is InChI=1S/C22H28N6O2/c1-14-7-8-15(11-24-14)17-12-25-28-19(23)10-18(26-20(17)28)16-6-5-9-27(13-16)21(29)30-22(2,3)4/h7-8,10-12,16H,5-6,9,13,23H2,1-4H3. The smallest absolute Gasteiger partial charge is 0.410 e. The van der Waals surface area contributed by atoms with Gasteiger partial charge in [0.2, 0.25) is 0 Å². The number of pyridine rings is 1. The molecule has 1 aliphatic heterocycles. The SMILES string of the molecule is Cc1ccc(-c2cnn3c(N)cc(C4CCCN(C(=O)OC(C)(C)C)C4)nc23)cn1. The Bertz CT molecular complexity index is 1070. The highest BCUT2D eigenvalue weighted by Crippen LogP contribution is 2.31. The van der Waals surface area contributed by atoms with E-state index >= 15 is 0 Å². The maximum Gasteiger partial charge on any atom is 0.410 e. The van der Waals surface area contributed by atoms with Crippen molar-refractivity contribution in [2.45, 2.75) is 52.1 Å². The average Bonchev–Trinajstić information content (AvgIpc) is 3.12. The molecule has 0 bridgehead atoms. The summed E-state index contributed by atoms with van der Waals surface area (Å²) in [5.41, 5.74) is 10.1. The first-order valence-corrected chi connectivity index (χ1v) is 10.3. The Morgan fingerprint density at radius 1 is 1.27 bits per heavy atom. The molecular formula is C22H28N6O2. The van der Waals surface area contributed by atoms with Gasteiger partial charge in [-0.25, -0.2) is 9.78 Å². The molecule has 8 heteroatoms. The first kappa shape index (κ1) is 20.1. The molecule has 1 atom stereocenters. The molecular weight excluding hydrogens is 380 g/mol. The minimum atomic E-state index is -0.514. The molecule has 2 N–H and O–H groups in total. The molecule has 1 unspecified atom stereocenters. The van der Waals surface area contributed by atoms with Crippen molar-refractivity contribution in [2.24, 2.45) is 0 Å². The van der Waals surface area contributed by atoms with Gasteiger partial charge in [-0.15, -0.1) is 0 Å². The lowest BCUT2D eigenvalue weighted by Gasteiger charge is -2.34. The van der Waals surface area contributed by atoms with E-state index in [9.17, 15) is 4.79 Å². The van der Waals surface area contributed by atoms with Gasteiger partial charge in [0.15, 0.2) is 5.65 Å². The van der Waals surface area contributed by atoms with E-state index < -0.39 is 5.60 Å². The summed E-state index contributed by atoms with van der Waals surface area (Å²) in [6.45, 7) is 8.84. The molecule has 4 heterocycles. The Hall–Kier alpha value is -3.16. The number of likely N-dealkylation sites (tertiary alicyclic amines) is 1. The predicted octanol–water partition coefficient (Wildman–Crippen LogP) is 3.80. The van der Waals surface area contributed by atoms with Crippen molar-refractivity contribution in [3.8, 4) is 11.1 Å². The lowest BCUT2D eigenvalue weighted by Crippen LogP contribution is -2.42. The van der Waals surface area contributed by atoms with E-state index in [2.05, 4.69) is 10.1 Å². The second kappa shape index (κ2) is 7.59. The molecule has 4 rings (SSSR count). The number of ether oxygens (including phenoxy) is 1. The summed E-state index contributed by atoms with van der Waals surface area (Å²) in [4.78, 5) is 23.6. The molecule has 0 aliphatic carbocycles. The van der Waals surface area contributed by atoms with Crippen LogP contribution in [0.5, 0.6) is 0 Å². The van der Waals surface area contributed by atoms with Crippen LogP contribution in [0.2, 0.25) is 0 Å². The van der Waals surface area contributed by atoms with E-state index in [1.165, 1.54) is 0 Å². The molecule has 30 heavy (non-hydrogen) atoms. The van der Waals surface area contributed by atoms with Gasteiger partial charge in [-0.05, 0) is 46.6 Å². The van der Waals surface area contributed by atoms with Crippen molar-refractivity contribution in [3.05, 3.63) is 42.0 Å². The lowest BCUT2D eigenvalue weighted by atomic mass is 9.94. The zero-order valence-electron chi connectivity index (χ0n) is 17.9. The van der Waals surface area contributed by atoms with Gasteiger partial charge in [0.1, 0.15) is 11.4 Å². The lowest BCUT2D eigenvalue weighted by molar-refractivity contribution is 0.0197. The molecule has 0 radical (unpaired) electrons. The molecule has 8 nitrogen and oxygen atoms in total. The van der Waals surface area contributed by atoms with Crippen LogP contribution in [0.15, 0.2) is 30.6 Å². The Morgan fingerprint density at radius 3 is 2.77 bits per heavy atom. The summed E-state index contributed by atoms with van der Waals surface area (Å²) in [5.74, 6) is 0.619. The van der Waals surface area contributed by atoms with Crippen molar-refractivity contribution in [1.29, 1.82) is 0 Å². The second-order valence-electron chi connectivity index (χ2n) is 8.85. The predicted molar refractivity (Wildman–Crippen MR) is 115 cm³/mol. The molecule has 1 aliphatic rings. The van der Waals surface area contributed by atoms with E-state index in [4.69, 9.17) is 15.5 Å². The summed E-state index contributed by atoms with van der Waals surface area (Å²) in [7, 11) is 0. The minimum Gasteiger partial charge on any atom is -0.444 e. The molecule has 0 spiro atoms. The van der Waals surface area contributed by atoms with Crippen molar-refractivity contribution < 1.29 is 9.53 Å². The van der Waals surface area contributed by atoms with Gasteiger partial charge in [-0.3, -0.25) is 4.98 Å². The van der Waals surface area contributed by atoms with Crippen molar-refractivity contribution in [3.63, 3.8) is 0 Å². The first-order valence-electron chi connectivity index (χ1n) is 10.3. The Kier molecular flexibility index (Phi) is 5.09. The minimum absolute atomic E-state index is 0.0949. The van der Waals surface area contributed by atoms with E-state index in [0.717, 1.165) is 35.4 Å². The fourth-order valence-corrected chi connectivity index (χ4v) is 3.76. The van der Waals surface area contributed by atoms with Crippen LogP contribution in [0, 0.1) is 6.92 Å². The zero-order valence-corrected chi connectivity index (χ0v) is 17.9. The van der Waals surface area contributed by atoms with E-state index in [-0.39, 0.29) is 12.0 Å². The average molecular weight is 409 g/mol. The summed E-state index contributed by atoms with van der Waals surface area (Å²) in [5, 5.41) is 4.40. The number of rotatable bonds is 2. The van der Waals surface area contributed by atoms with Gasteiger partial charge in [0, 0.05) is 48.1 Å². The van der Waals surface area contributed by atoms with Crippen LogP contribution in [0.25, 0.3) is 16.8 Å². The Labute approximate surface area is 176 Å². The number of anilines is 1. The van der Waals surface area contributed by atoms with Crippen LogP contribution >= 0.6 is 0 Å². The third kappa shape index (κ3) is 4.08. The normalized spacial score (nSPS) is 17.3. The number of nitrogen functional groups attached to an aromatic ring is 1. The van der Waals surface area contributed by atoms with Gasteiger partial charge >= 0.3 is 6.09 Å². The van der Waals surface area contributed by atoms with Crippen LogP contribution in [0.1, 0.15) is 50.9 Å². The fraction of sp³-hybridized carbons (Fsp3) is 0.455. The fourth-order valence-electron chi connectivity index (χ4n) is 3.76. The summed E-state index contributed by atoms with van der Waals surface area (Å²) in [6.07, 6.45) is 5.14. The molecule has 1 saturated heterocycles. The zero-order chi connectivity index (χ0) is 21.5. The third-order valence-corrected chi connectivity index (χ3v) is 5.23. The van der Waals surface area contributed by atoms with Gasteiger partial charge in [0.05, 0.1) is 11.9 Å².